The molecule has 3 unspecified atom stereocenters. The van der Waals surface area contributed by atoms with E-state index in [0.717, 1.165) is 18.8 Å². The average molecular weight is 167 g/mol. The molecule has 1 saturated carbocycles. The van der Waals surface area contributed by atoms with Crippen molar-refractivity contribution in [3.8, 4) is 6.07 Å². The van der Waals surface area contributed by atoms with Crippen molar-refractivity contribution < 1.29 is 4.74 Å². The van der Waals surface area contributed by atoms with Crippen LogP contribution in [0.5, 0.6) is 0 Å². The summed E-state index contributed by atoms with van der Waals surface area (Å²) in [5, 5.41) is 8.79. The SMILES string of the molecule is COC(C#N)C1CCCC(C)C1. The molecule has 1 fully saturated rings. The lowest BCUT2D eigenvalue weighted by Gasteiger charge is -2.28. The second-order valence-corrected chi connectivity index (χ2v) is 3.82. The van der Waals surface area contributed by atoms with Crippen LogP contribution in [0.15, 0.2) is 0 Å². The van der Waals surface area contributed by atoms with Crippen LogP contribution in [-0.2, 0) is 4.74 Å². The van der Waals surface area contributed by atoms with Crippen molar-refractivity contribution in [2.75, 3.05) is 7.11 Å². The first-order chi connectivity index (χ1) is 5.77. The molecular formula is C10H17NO. The quantitative estimate of drug-likeness (QED) is 0.632. The van der Waals surface area contributed by atoms with Crippen molar-refractivity contribution in [2.45, 2.75) is 38.7 Å². The van der Waals surface area contributed by atoms with Gasteiger partial charge in [-0.15, -0.1) is 0 Å². The van der Waals surface area contributed by atoms with Crippen LogP contribution in [0.1, 0.15) is 32.6 Å². The summed E-state index contributed by atoms with van der Waals surface area (Å²) in [4.78, 5) is 0. The zero-order valence-electron chi connectivity index (χ0n) is 7.92. The highest BCUT2D eigenvalue weighted by Gasteiger charge is 2.26. The maximum atomic E-state index is 8.79. The van der Waals surface area contributed by atoms with Crippen LogP contribution in [0, 0.1) is 23.2 Å². The number of rotatable bonds is 2. The lowest BCUT2D eigenvalue weighted by molar-refractivity contribution is 0.0668. The van der Waals surface area contributed by atoms with Crippen molar-refractivity contribution >= 4 is 0 Å². The Kier molecular flexibility index (Phi) is 3.55. The molecule has 0 aromatic rings. The predicted octanol–water partition coefficient (Wildman–Crippen LogP) is 2.35. The standard InChI is InChI=1S/C10H17NO/c1-8-4-3-5-9(6-8)10(7-11)12-2/h8-10H,3-6H2,1-2H3. The molecule has 0 aromatic heterocycles. The fourth-order valence-electron chi connectivity index (χ4n) is 2.11. The largest absolute Gasteiger partial charge is 0.366 e. The Morgan fingerprint density at radius 2 is 2.25 bits per heavy atom. The van der Waals surface area contributed by atoms with Gasteiger partial charge in [-0.1, -0.05) is 19.8 Å². The van der Waals surface area contributed by atoms with Gasteiger partial charge in [0.1, 0.15) is 6.10 Å². The second kappa shape index (κ2) is 4.47. The Morgan fingerprint density at radius 3 is 2.75 bits per heavy atom. The number of nitriles is 1. The Labute approximate surface area is 74.5 Å². The van der Waals surface area contributed by atoms with Gasteiger partial charge in [0.2, 0.25) is 0 Å². The molecule has 2 nitrogen and oxygen atoms in total. The van der Waals surface area contributed by atoms with Gasteiger partial charge in [0.25, 0.3) is 0 Å². The lowest BCUT2D eigenvalue weighted by Crippen LogP contribution is -2.26. The molecule has 68 valence electrons. The Balaban J connectivity index is 2.45. The molecule has 0 amide bonds. The topological polar surface area (TPSA) is 33.0 Å². The third-order valence-electron chi connectivity index (χ3n) is 2.79. The van der Waals surface area contributed by atoms with Crippen molar-refractivity contribution in [2.24, 2.45) is 11.8 Å². The minimum Gasteiger partial charge on any atom is -0.366 e. The van der Waals surface area contributed by atoms with E-state index < -0.39 is 0 Å². The molecule has 3 atom stereocenters. The Morgan fingerprint density at radius 1 is 1.50 bits per heavy atom. The average Bonchev–Trinajstić information content (AvgIpc) is 2.07. The van der Waals surface area contributed by atoms with E-state index in [1.165, 1.54) is 12.8 Å². The van der Waals surface area contributed by atoms with Crippen molar-refractivity contribution in [1.29, 1.82) is 5.26 Å². The molecule has 1 aliphatic carbocycles. The number of nitrogens with zero attached hydrogens (tertiary/aromatic N) is 1. The van der Waals surface area contributed by atoms with E-state index >= 15 is 0 Å². The summed E-state index contributed by atoms with van der Waals surface area (Å²) < 4.78 is 5.13. The zero-order valence-corrected chi connectivity index (χ0v) is 7.92. The van der Waals surface area contributed by atoms with Crippen LogP contribution in [0.4, 0.5) is 0 Å². The number of hydrogen-bond donors (Lipinski definition) is 0. The molecule has 12 heavy (non-hydrogen) atoms. The highest BCUT2D eigenvalue weighted by molar-refractivity contribution is 4.91. The highest BCUT2D eigenvalue weighted by Crippen LogP contribution is 2.31. The minimum atomic E-state index is -0.173. The summed E-state index contributed by atoms with van der Waals surface area (Å²) >= 11 is 0. The molecule has 0 heterocycles. The predicted molar refractivity (Wildman–Crippen MR) is 47.5 cm³/mol. The molecule has 0 bridgehead atoms. The van der Waals surface area contributed by atoms with Crippen molar-refractivity contribution in [1.82, 2.24) is 0 Å². The Hall–Kier alpha value is -0.550. The molecule has 0 spiro atoms. The molecule has 1 aliphatic rings. The van der Waals surface area contributed by atoms with Gasteiger partial charge in [0, 0.05) is 7.11 Å². The molecule has 0 saturated heterocycles. The third-order valence-corrected chi connectivity index (χ3v) is 2.79. The maximum absolute atomic E-state index is 8.79. The van der Waals surface area contributed by atoms with Gasteiger partial charge in [0.15, 0.2) is 0 Å². The van der Waals surface area contributed by atoms with E-state index in [4.69, 9.17) is 10.00 Å². The summed E-state index contributed by atoms with van der Waals surface area (Å²) in [6.07, 6.45) is 4.72. The van der Waals surface area contributed by atoms with E-state index in [2.05, 4.69) is 13.0 Å². The summed E-state index contributed by atoms with van der Waals surface area (Å²) in [6, 6.07) is 2.22. The second-order valence-electron chi connectivity index (χ2n) is 3.82. The molecule has 0 aliphatic heterocycles. The van der Waals surface area contributed by atoms with Gasteiger partial charge in [-0.05, 0) is 24.7 Å². The molecule has 1 rings (SSSR count). The molecule has 0 N–H and O–H groups in total. The van der Waals surface area contributed by atoms with Crippen LogP contribution >= 0.6 is 0 Å². The van der Waals surface area contributed by atoms with E-state index in [1.54, 1.807) is 7.11 Å². The van der Waals surface area contributed by atoms with E-state index in [-0.39, 0.29) is 6.10 Å². The number of ether oxygens (including phenoxy) is 1. The van der Waals surface area contributed by atoms with E-state index in [9.17, 15) is 0 Å². The van der Waals surface area contributed by atoms with Gasteiger partial charge < -0.3 is 4.74 Å². The molecule has 0 radical (unpaired) electrons. The molecular weight excluding hydrogens is 150 g/mol. The van der Waals surface area contributed by atoms with Crippen molar-refractivity contribution in [3.05, 3.63) is 0 Å². The van der Waals surface area contributed by atoms with Crippen molar-refractivity contribution in [3.63, 3.8) is 0 Å². The van der Waals surface area contributed by atoms with Crippen LogP contribution in [0.3, 0.4) is 0 Å². The van der Waals surface area contributed by atoms with Crippen LogP contribution in [0.2, 0.25) is 0 Å². The van der Waals surface area contributed by atoms with Gasteiger partial charge in [-0.2, -0.15) is 5.26 Å². The Bertz CT molecular complexity index is 173. The molecule has 0 aromatic carbocycles. The summed E-state index contributed by atoms with van der Waals surface area (Å²) in [7, 11) is 1.63. The highest BCUT2D eigenvalue weighted by atomic mass is 16.5. The third kappa shape index (κ3) is 2.22. The fraction of sp³-hybridized carbons (Fsp3) is 0.900. The van der Waals surface area contributed by atoms with Gasteiger partial charge in [-0.3, -0.25) is 0 Å². The summed E-state index contributed by atoms with van der Waals surface area (Å²) in [5.41, 5.74) is 0. The first-order valence-corrected chi connectivity index (χ1v) is 4.70. The summed E-state index contributed by atoms with van der Waals surface area (Å²) in [6.45, 7) is 2.26. The van der Waals surface area contributed by atoms with E-state index in [1.807, 2.05) is 0 Å². The van der Waals surface area contributed by atoms with Gasteiger partial charge in [-0.25, -0.2) is 0 Å². The molecule has 2 heteroatoms. The zero-order chi connectivity index (χ0) is 8.97. The van der Waals surface area contributed by atoms with Crippen LogP contribution < -0.4 is 0 Å². The summed E-state index contributed by atoms with van der Waals surface area (Å²) in [5.74, 6) is 1.25. The van der Waals surface area contributed by atoms with Crippen LogP contribution in [0.25, 0.3) is 0 Å². The lowest BCUT2D eigenvalue weighted by atomic mass is 9.80. The smallest absolute Gasteiger partial charge is 0.146 e. The normalized spacial score (nSPS) is 32.4. The van der Waals surface area contributed by atoms with Crippen LogP contribution in [-0.4, -0.2) is 13.2 Å². The first-order valence-electron chi connectivity index (χ1n) is 4.70. The maximum Gasteiger partial charge on any atom is 0.146 e. The van der Waals surface area contributed by atoms with Gasteiger partial charge in [0.05, 0.1) is 6.07 Å². The van der Waals surface area contributed by atoms with Gasteiger partial charge >= 0.3 is 0 Å². The fourth-order valence-corrected chi connectivity index (χ4v) is 2.11. The first kappa shape index (κ1) is 9.54. The minimum absolute atomic E-state index is 0.173. The number of hydrogen-bond acceptors (Lipinski definition) is 2. The number of methoxy groups -OCH3 is 1. The monoisotopic (exact) mass is 167 g/mol. The van der Waals surface area contributed by atoms with E-state index in [0.29, 0.717) is 5.92 Å².